The first-order valence-corrected chi connectivity index (χ1v) is 9.15. The minimum Gasteiger partial charge on any atom is -0.497 e. The van der Waals surface area contributed by atoms with Gasteiger partial charge < -0.3 is 15.0 Å². The van der Waals surface area contributed by atoms with Gasteiger partial charge in [-0.25, -0.2) is 0 Å². The number of carbonyl (C=O) groups is 1. The van der Waals surface area contributed by atoms with E-state index in [2.05, 4.69) is 22.4 Å². The molecular formula is C20H26N4O2. The van der Waals surface area contributed by atoms with Crippen molar-refractivity contribution in [2.45, 2.75) is 26.2 Å². The predicted molar refractivity (Wildman–Crippen MR) is 102 cm³/mol. The number of ether oxygens (including phenoxy) is 1. The molecule has 0 radical (unpaired) electrons. The highest BCUT2D eigenvalue weighted by Crippen LogP contribution is 2.18. The van der Waals surface area contributed by atoms with Crippen LogP contribution in [-0.2, 0) is 6.42 Å². The molecule has 0 unspecified atom stereocenters. The molecule has 0 aliphatic carbocycles. The van der Waals surface area contributed by atoms with Crippen molar-refractivity contribution in [2.75, 3.05) is 32.1 Å². The van der Waals surface area contributed by atoms with E-state index >= 15 is 0 Å². The monoisotopic (exact) mass is 354 g/mol. The Hall–Kier alpha value is -2.63. The predicted octanol–water partition coefficient (Wildman–Crippen LogP) is 3.01. The standard InChI is InChI=1S/C20H26N4O2/c1-15-10-13-24(14-11-15)20(25)18-7-8-19(23-22-18)21-12-9-16-3-5-17(26-2)6-4-16/h3-8,15H,9-14H2,1-2H3,(H,21,23). The van der Waals surface area contributed by atoms with Crippen molar-refractivity contribution >= 4 is 11.7 Å². The van der Waals surface area contributed by atoms with Gasteiger partial charge in [0.25, 0.3) is 5.91 Å². The number of methoxy groups -OCH3 is 1. The summed E-state index contributed by atoms with van der Waals surface area (Å²) in [6, 6.07) is 11.6. The van der Waals surface area contributed by atoms with Gasteiger partial charge in [0, 0.05) is 19.6 Å². The summed E-state index contributed by atoms with van der Waals surface area (Å²) < 4.78 is 5.16. The van der Waals surface area contributed by atoms with Crippen LogP contribution in [-0.4, -0.2) is 47.7 Å². The molecule has 0 atom stereocenters. The van der Waals surface area contributed by atoms with Gasteiger partial charge in [-0.15, -0.1) is 10.2 Å². The van der Waals surface area contributed by atoms with Crippen LogP contribution in [0.1, 0.15) is 35.8 Å². The Morgan fingerprint density at radius 1 is 1.15 bits per heavy atom. The summed E-state index contributed by atoms with van der Waals surface area (Å²) in [7, 11) is 1.66. The highest BCUT2D eigenvalue weighted by Gasteiger charge is 2.22. The third-order valence-corrected chi connectivity index (χ3v) is 4.83. The fourth-order valence-electron chi connectivity index (χ4n) is 3.04. The van der Waals surface area contributed by atoms with Crippen LogP contribution in [0.25, 0.3) is 0 Å². The van der Waals surface area contributed by atoms with Crippen LogP contribution >= 0.6 is 0 Å². The fraction of sp³-hybridized carbons (Fsp3) is 0.450. The first kappa shape index (κ1) is 18.2. The molecule has 2 heterocycles. The summed E-state index contributed by atoms with van der Waals surface area (Å²) in [4.78, 5) is 14.3. The number of benzene rings is 1. The summed E-state index contributed by atoms with van der Waals surface area (Å²) in [6.07, 6.45) is 2.99. The fourth-order valence-corrected chi connectivity index (χ4v) is 3.04. The van der Waals surface area contributed by atoms with Crippen LogP contribution in [0.4, 0.5) is 5.82 Å². The Kier molecular flexibility index (Phi) is 6.04. The van der Waals surface area contributed by atoms with Gasteiger partial charge in [0.2, 0.25) is 0 Å². The second kappa shape index (κ2) is 8.65. The molecule has 1 aromatic heterocycles. The van der Waals surface area contributed by atoms with Crippen LogP contribution < -0.4 is 10.1 Å². The largest absolute Gasteiger partial charge is 0.497 e. The lowest BCUT2D eigenvalue weighted by molar-refractivity contribution is 0.0690. The van der Waals surface area contributed by atoms with Crippen LogP contribution in [0.5, 0.6) is 5.75 Å². The molecule has 0 spiro atoms. The van der Waals surface area contributed by atoms with Crippen molar-refractivity contribution in [1.82, 2.24) is 15.1 Å². The van der Waals surface area contributed by atoms with E-state index in [1.807, 2.05) is 35.2 Å². The van der Waals surface area contributed by atoms with Gasteiger partial charge >= 0.3 is 0 Å². The summed E-state index contributed by atoms with van der Waals surface area (Å²) >= 11 is 0. The van der Waals surface area contributed by atoms with Gasteiger partial charge in [-0.05, 0) is 55.0 Å². The molecule has 1 aromatic carbocycles. The maximum atomic E-state index is 12.5. The number of piperidine rings is 1. The number of likely N-dealkylation sites (tertiary alicyclic amines) is 1. The van der Waals surface area contributed by atoms with E-state index in [1.165, 1.54) is 5.56 Å². The lowest BCUT2D eigenvalue weighted by Crippen LogP contribution is -2.38. The third kappa shape index (κ3) is 4.71. The van der Waals surface area contributed by atoms with Gasteiger partial charge in [-0.3, -0.25) is 4.79 Å². The Labute approximate surface area is 154 Å². The Balaban J connectivity index is 1.48. The molecule has 1 fully saturated rings. The van der Waals surface area contributed by atoms with Crippen molar-refractivity contribution in [3.05, 3.63) is 47.7 Å². The zero-order chi connectivity index (χ0) is 18.4. The number of carbonyl (C=O) groups excluding carboxylic acids is 1. The number of aromatic nitrogens is 2. The lowest BCUT2D eigenvalue weighted by Gasteiger charge is -2.29. The Bertz CT molecular complexity index is 708. The summed E-state index contributed by atoms with van der Waals surface area (Å²) in [5.41, 5.74) is 1.64. The Morgan fingerprint density at radius 3 is 2.50 bits per heavy atom. The molecule has 3 rings (SSSR count). The molecule has 26 heavy (non-hydrogen) atoms. The van der Waals surface area contributed by atoms with E-state index in [-0.39, 0.29) is 5.91 Å². The zero-order valence-electron chi connectivity index (χ0n) is 15.4. The van der Waals surface area contributed by atoms with E-state index in [9.17, 15) is 4.79 Å². The number of hydrogen-bond donors (Lipinski definition) is 1. The van der Waals surface area contributed by atoms with E-state index in [0.717, 1.165) is 44.6 Å². The van der Waals surface area contributed by atoms with Gasteiger partial charge in [0.15, 0.2) is 5.69 Å². The van der Waals surface area contributed by atoms with Crippen LogP contribution in [0.15, 0.2) is 36.4 Å². The highest BCUT2D eigenvalue weighted by molar-refractivity contribution is 5.92. The molecule has 1 saturated heterocycles. The molecule has 138 valence electrons. The van der Waals surface area contributed by atoms with E-state index < -0.39 is 0 Å². The average Bonchev–Trinajstić information content (AvgIpc) is 2.69. The molecule has 2 aromatic rings. The summed E-state index contributed by atoms with van der Waals surface area (Å²) in [5, 5.41) is 11.5. The van der Waals surface area contributed by atoms with Crippen molar-refractivity contribution in [3.63, 3.8) is 0 Å². The van der Waals surface area contributed by atoms with Gasteiger partial charge in [-0.1, -0.05) is 19.1 Å². The van der Waals surface area contributed by atoms with Gasteiger partial charge in [0.1, 0.15) is 11.6 Å². The molecule has 6 nitrogen and oxygen atoms in total. The maximum Gasteiger partial charge on any atom is 0.274 e. The normalized spacial score (nSPS) is 14.9. The topological polar surface area (TPSA) is 67.3 Å². The number of hydrogen-bond acceptors (Lipinski definition) is 5. The second-order valence-electron chi connectivity index (χ2n) is 6.80. The number of nitrogens with zero attached hydrogens (tertiary/aromatic N) is 3. The molecule has 1 aliphatic rings. The molecule has 1 amide bonds. The SMILES string of the molecule is COc1ccc(CCNc2ccc(C(=O)N3CCC(C)CC3)nn2)cc1. The van der Waals surface area contributed by atoms with E-state index in [1.54, 1.807) is 13.2 Å². The first-order valence-electron chi connectivity index (χ1n) is 9.15. The second-order valence-corrected chi connectivity index (χ2v) is 6.80. The molecule has 0 bridgehead atoms. The van der Waals surface area contributed by atoms with Crippen molar-refractivity contribution < 1.29 is 9.53 Å². The average molecular weight is 354 g/mol. The molecule has 0 saturated carbocycles. The van der Waals surface area contributed by atoms with Gasteiger partial charge in [0.05, 0.1) is 7.11 Å². The minimum absolute atomic E-state index is 0.0193. The summed E-state index contributed by atoms with van der Waals surface area (Å²) in [6.45, 7) is 4.60. The van der Waals surface area contributed by atoms with Gasteiger partial charge in [-0.2, -0.15) is 0 Å². The smallest absolute Gasteiger partial charge is 0.274 e. The number of nitrogens with one attached hydrogen (secondary N) is 1. The third-order valence-electron chi connectivity index (χ3n) is 4.83. The molecule has 6 heteroatoms. The maximum absolute atomic E-state index is 12.5. The van der Waals surface area contributed by atoms with Crippen molar-refractivity contribution in [2.24, 2.45) is 5.92 Å². The van der Waals surface area contributed by atoms with Crippen LogP contribution in [0, 0.1) is 5.92 Å². The van der Waals surface area contributed by atoms with Crippen molar-refractivity contribution in [3.8, 4) is 5.75 Å². The van der Waals surface area contributed by atoms with E-state index in [0.29, 0.717) is 17.4 Å². The minimum atomic E-state index is -0.0193. The lowest BCUT2D eigenvalue weighted by atomic mass is 9.99. The zero-order valence-corrected chi connectivity index (χ0v) is 15.4. The molecule has 1 N–H and O–H groups in total. The van der Waals surface area contributed by atoms with Crippen molar-refractivity contribution in [1.29, 1.82) is 0 Å². The van der Waals surface area contributed by atoms with Crippen LogP contribution in [0.2, 0.25) is 0 Å². The van der Waals surface area contributed by atoms with Crippen LogP contribution in [0.3, 0.4) is 0 Å². The molecular weight excluding hydrogens is 328 g/mol. The highest BCUT2D eigenvalue weighted by atomic mass is 16.5. The molecule has 1 aliphatic heterocycles. The number of rotatable bonds is 6. The quantitative estimate of drug-likeness (QED) is 0.864. The number of anilines is 1. The summed E-state index contributed by atoms with van der Waals surface area (Å²) in [5.74, 6) is 2.22. The first-order chi connectivity index (χ1) is 12.7. The van der Waals surface area contributed by atoms with E-state index in [4.69, 9.17) is 4.74 Å². The Morgan fingerprint density at radius 2 is 1.88 bits per heavy atom. The number of amides is 1.